The van der Waals surface area contributed by atoms with Crippen molar-refractivity contribution in [2.24, 2.45) is 11.7 Å². The van der Waals surface area contributed by atoms with Crippen molar-refractivity contribution >= 4 is 0 Å². The molecule has 2 rings (SSSR count). The predicted molar refractivity (Wildman–Crippen MR) is 52.3 cm³/mol. The predicted octanol–water partition coefficient (Wildman–Crippen LogP) is 2.78. The molecule has 0 aromatic carbocycles. The number of hydrogen-bond donors (Lipinski definition) is 1. The van der Waals surface area contributed by atoms with Gasteiger partial charge in [0.15, 0.2) is 0 Å². The lowest BCUT2D eigenvalue weighted by Crippen LogP contribution is -2.18. The van der Waals surface area contributed by atoms with E-state index in [0.717, 1.165) is 11.5 Å². The molecule has 0 saturated heterocycles. The van der Waals surface area contributed by atoms with Crippen LogP contribution in [-0.2, 0) is 0 Å². The molecule has 0 aliphatic heterocycles. The minimum atomic E-state index is 0.121. The van der Waals surface area contributed by atoms with Crippen LogP contribution in [0.1, 0.15) is 43.2 Å². The number of hydrogen-bond acceptors (Lipinski definition) is 2. The number of rotatable bonds is 2. The van der Waals surface area contributed by atoms with Gasteiger partial charge < -0.3 is 10.2 Å². The van der Waals surface area contributed by atoms with E-state index in [9.17, 15) is 0 Å². The van der Waals surface area contributed by atoms with Crippen LogP contribution in [0.15, 0.2) is 16.5 Å². The third kappa shape index (κ3) is 1.78. The van der Waals surface area contributed by atoms with E-state index in [4.69, 9.17) is 10.2 Å². The van der Waals surface area contributed by atoms with Gasteiger partial charge in [0.05, 0.1) is 6.04 Å². The summed E-state index contributed by atoms with van der Waals surface area (Å²) in [4.78, 5) is 0. The Bertz CT molecular complexity index is 273. The summed E-state index contributed by atoms with van der Waals surface area (Å²) in [5.74, 6) is 2.57. The van der Waals surface area contributed by atoms with Crippen LogP contribution >= 0.6 is 0 Å². The maximum atomic E-state index is 6.12. The Labute approximate surface area is 79.1 Å². The molecule has 0 spiro atoms. The Morgan fingerprint density at radius 1 is 1.38 bits per heavy atom. The van der Waals surface area contributed by atoms with Crippen LogP contribution in [0.25, 0.3) is 0 Å². The van der Waals surface area contributed by atoms with Gasteiger partial charge in [0.2, 0.25) is 0 Å². The topological polar surface area (TPSA) is 39.2 Å². The highest BCUT2D eigenvalue weighted by Crippen LogP contribution is 2.34. The first kappa shape index (κ1) is 8.82. The zero-order valence-corrected chi connectivity index (χ0v) is 8.12. The van der Waals surface area contributed by atoms with Crippen molar-refractivity contribution in [3.63, 3.8) is 0 Å². The van der Waals surface area contributed by atoms with Crippen LogP contribution in [0.3, 0.4) is 0 Å². The highest BCUT2D eigenvalue weighted by Gasteiger charge is 2.24. The first-order valence-corrected chi connectivity index (χ1v) is 5.09. The standard InChI is InChI=1S/C11H17NO/c1-8-6-7-10(13-8)11(12)9-4-2-3-5-9/h6-7,9,11H,2-5,12H2,1H3. The minimum absolute atomic E-state index is 0.121. The summed E-state index contributed by atoms with van der Waals surface area (Å²) in [5, 5.41) is 0. The molecular formula is C11H17NO. The lowest BCUT2D eigenvalue weighted by molar-refractivity contribution is 0.361. The molecule has 1 fully saturated rings. The van der Waals surface area contributed by atoms with Gasteiger partial charge in [-0.25, -0.2) is 0 Å². The summed E-state index contributed by atoms with van der Waals surface area (Å²) in [7, 11) is 0. The molecule has 0 radical (unpaired) electrons. The number of nitrogens with two attached hydrogens (primary N) is 1. The van der Waals surface area contributed by atoms with Gasteiger partial charge in [0.1, 0.15) is 11.5 Å². The van der Waals surface area contributed by atoms with Gasteiger partial charge >= 0.3 is 0 Å². The van der Waals surface area contributed by atoms with E-state index in [-0.39, 0.29) is 6.04 Å². The quantitative estimate of drug-likeness (QED) is 0.758. The molecule has 72 valence electrons. The fourth-order valence-electron chi connectivity index (χ4n) is 2.18. The summed E-state index contributed by atoms with van der Waals surface area (Å²) in [6.45, 7) is 1.96. The second kappa shape index (κ2) is 3.54. The molecule has 1 aliphatic carbocycles. The monoisotopic (exact) mass is 179 g/mol. The van der Waals surface area contributed by atoms with Gasteiger partial charge in [0, 0.05) is 0 Å². The summed E-state index contributed by atoms with van der Waals surface area (Å²) in [5.41, 5.74) is 6.12. The van der Waals surface area contributed by atoms with Gasteiger partial charge in [-0.15, -0.1) is 0 Å². The maximum Gasteiger partial charge on any atom is 0.121 e. The molecule has 1 unspecified atom stereocenters. The van der Waals surface area contributed by atoms with Crippen molar-refractivity contribution in [2.75, 3.05) is 0 Å². The first-order chi connectivity index (χ1) is 6.27. The number of aryl methyl sites for hydroxylation is 1. The van der Waals surface area contributed by atoms with Crippen LogP contribution in [0.5, 0.6) is 0 Å². The first-order valence-electron chi connectivity index (χ1n) is 5.09. The molecule has 1 aromatic heterocycles. The Balaban J connectivity index is 2.07. The minimum Gasteiger partial charge on any atom is -0.465 e. The normalized spacial score (nSPS) is 20.8. The second-order valence-electron chi connectivity index (χ2n) is 4.02. The van der Waals surface area contributed by atoms with E-state index in [0.29, 0.717) is 5.92 Å². The molecule has 2 N–H and O–H groups in total. The molecule has 1 atom stereocenters. The Morgan fingerprint density at radius 2 is 2.08 bits per heavy atom. The Hall–Kier alpha value is -0.760. The molecule has 0 bridgehead atoms. The smallest absolute Gasteiger partial charge is 0.121 e. The van der Waals surface area contributed by atoms with E-state index >= 15 is 0 Å². The molecule has 1 aromatic rings. The molecule has 13 heavy (non-hydrogen) atoms. The Morgan fingerprint density at radius 3 is 2.62 bits per heavy atom. The fraction of sp³-hybridized carbons (Fsp3) is 0.636. The van der Waals surface area contributed by atoms with Gasteiger partial charge in [-0.05, 0) is 37.8 Å². The van der Waals surface area contributed by atoms with Crippen molar-refractivity contribution in [1.82, 2.24) is 0 Å². The molecule has 2 heteroatoms. The maximum absolute atomic E-state index is 6.12. The van der Waals surface area contributed by atoms with Crippen molar-refractivity contribution in [3.05, 3.63) is 23.7 Å². The summed E-state index contributed by atoms with van der Waals surface area (Å²) >= 11 is 0. The van der Waals surface area contributed by atoms with Gasteiger partial charge in [0.25, 0.3) is 0 Å². The van der Waals surface area contributed by atoms with E-state index in [1.54, 1.807) is 0 Å². The average Bonchev–Trinajstić information content (AvgIpc) is 2.72. The van der Waals surface area contributed by atoms with Crippen LogP contribution in [0.2, 0.25) is 0 Å². The molecule has 2 nitrogen and oxygen atoms in total. The average molecular weight is 179 g/mol. The van der Waals surface area contributed by atoms with Gasteiger partial charge in [-0.2, -0.15) is 0 Å². The van der Waals surface area contributed by atoms with Gasteiger partial charge in [-0.1, -0.05) is 12.8 Å². The SMILES string of the molecule is Cc1ccc(C(N)C2CCCC2)o1. The zero-order chi connectivity index (χ0) is 9.26. The van der Waals surface area contributed by atoms with Crippen LogP contribution < -0.4 is 5.73 Å². The summed E-state index contributed by atoms with van der Waals surface area (Å²) in [6.07, 6.45) is 5.19. The summed E-state index contributed by atoms with van der Waals surface area (Å²) < 4.78 is 5.53. The van der Waals surface area contributed by atoms with Crippen LogP contribution in [0, 0.1) is 12.8 Å². The van der Waals surface area contributed by atoms with Crippen molar-refractivity contribution in [3.8, 4) is 0 Å². The Kier molecular flexibility index (Phi) is 2.40. The lowest BCUT2D eigenvalue weighted by Gasteiger charge is -2.15. The molecule has 1 aliphatic rings. The highest BCUT2D eigenvalue weighted by molar-refractivity contribution is 5.10. The third-order valence-electron chi connectivity index (χ3n) is 3.00. The van der Waals surface area contributed by atoms with E-state index in [2.05, 4.69) is 0 Å². The summed E-state index contributed by atoms with van der Waals surface area (Å²) in [6, 6.07) is 4.12. The lowest BCUT2D eigenvalue weighted by atomic mass is 9.97. The van der Waals surface area contributed by atoms with Crippen molar-refractivity contribution in [1.29, 1.82) is 0 Å². The zero-order valence-electron chi connectivity index (χ0n) is 8.12. The molecule has 1 saturated carbocycles. The van der Waals surface area contributed by atoms with E-state index < -0.39 is 0 Å². The largest absolute Gasteiger partial charge is 0.465 e. The van der Waals surface area contributed by atoms with Crippen molar-refractivity contribution < 1.29 is 4.42 Å². The highest BCUT2D eigenvalue weighted by atomic mass is 16.3. The molecule has 0 amide bonds. The van der Waals surface area contributed by atoms with Crippen LogP contribution in [0.4, 0.5) is 0 Å². The van der Waals surface area contributed by atoms with Crippen LogP contribution in [-0.4, -0.2) is 0 Å². The second-order valence-corrected chi connectivity index (χ2v) is 4.02. The molecular weight excluding hydrogens is 162 g/mol. The van der Waals surface area contributed by atoms with Crippen molar-refractivity contribution in [2.45, 2.75) is 38.6 Å². The fourth-order valence-corrected chi connectivity index (χ4v) is 2.18. The number of furan rings is 1. The van der Waals surface area contributed by atoms with E-state index in [1.807, 2.05) is 19.1 Å². The van der Waals surface area contributed by atoms with Gasteiger partial charge in [-0.3, -0.25) is 0 Å². The third-order valence-corrected chi connectivity index (χ3v) is 3.00. The molecule has 1 heterocycles. The van der Waals surface area contributed by atoms with E-state index in [1.165, 1.54) is 25.7 Å².